The van der Waals surface area contributed by atoms with E-state index in [1.54, 1.807) is 43.3 Å². The number of ketones is 1. The zero-order valence-corrected chi connectivity index (χ0v) is 15.2. The molecule has 0 aliphatic carbocycles. The molecule has 0 aromatic heterocycles. The molecule has 0 bridgehead atoms. The third-order valence-electron chi connectivity index (χ3n) is 4.29. The third kappa shape index (κ3) is 3.48. The number of carbonyl (C=O) groups excluding carboxylic acids is 3. The van der Waals surface area contributed by atoms with Crippen LogP contribution in [0.4, 0.5) is 0 Å². The van der Waals surface area contributed by atoms with Gasteiger partial charge in [-0.3, -0.25) is 19.3 Å². The van der Waals surface area contributed by atoms with E-state index < -0.39 is 30.2 Å². The Labute approximate surface area is 156 Å². The summed E-state index contributed by atoms with van der Waals surface area (Å²) < 4.78 is 15.9. The van der Waals surface area contributed by atoms with Crippen molar-refractivity contribution >= 4 is 17.6 Å². The summed E-state index contributed by atoms with van der Waals surface area (Å²) in [7, 11) is 2.96. The van der Waals surface area contributed by atoms with Crippen molar-refractivity contribution in [1.82, 2.24) is 4.90 Å². The topological polar surface area (TPSA) is 82.1 Å². The molecule has 0 radical (unpaired) electrons. The van der Waals surface area contributed by atoms with Crippen molar-refractivity contribution in [2.24, 2.45) is 0 Å². The molecule has 1 aliphatic rings. The molecule has 0 fully saturated rings. The summed E-state index contributed by atoms with van der Waals surface area (Å²) in [5.41, 5.74) is 0.551. The van der Waals surface area contributed by atoms with Gasteiger partial charge in [-0.05, 0) is 37.3 Å². The fourth-order valence-electron chi connectivity index (χ4n) is 2.85. The van der Waals surface area contributed by atoms with E-state index in [0.29, 0.717) is 22.8 Å². The van der Waals surface area contributed by atoms with Crippen LogP contribution in [0.2, 0.25) is 0 Å². The Bertz CT molecular complexity index is 907. The number of ether oxygens (including phenoxy) is 3. The average Bonchev–Trinajstić information content (AvgIpc) is 2.78. The van der Waals surface area contributed by atoms with E-state index in [4.69, 9.17) is 14.2 Å². The van der Waals surface area contributed by atoms with Gasteiger partial charge in [0.1, 0.15) is 5.75 Å². The Kier molecular flexibility index (Phi) is 5.12. The van der Waals surface area contributed by atoms with Crippen molar-refractivity contribution in [3.63, 3.8) is 0 Å². The van der Waals surface area contributed by atoms with Gasteiger partial charge in [0.25, 0.3) is 11.8 Å². The number of hydrogen-bond donors (Lipinski definition) is 0. The largest absolute Gasteiger partial charge is 0.493 e. The molecule has 0 saturated heterocycles. The molecule has 0 saturated carbocycles. The highest BCUT2D eigenvalue weighted by Gasteiger charge is 2.35. The highest BCUT2D eigenvalue weighted by Crippen LogP contribution is 2.29. The van der Waals surface area contributed by atoms with Gasteiger partial charge in [-0.1, -0.05) is 12.1 Å². The quantitative estimate of drug-likeness (QED) is 0.594. The number of imide groups is 1. The molecule has 2 amide bonds. The first-order chi connectivity index (χ1) is 13.0. The first-order valence-electron chi connectivity index (χ1n) is 8.33. The van der Waals surface area contributed by atoms with Crippen LogP contribution >= 0.6 is 0 Å². The van der Waals surface area contributed by atoms with Crippen molar-refractivity contribution in [3.05, 3.63) is 53.6 Å². The molecule has 7 nitrogen and oxygen atoms in total. The van der Waals surface area contributed by atoms with Gasteiger partial charge in [0.05, 0.1) is 26.3 Å². The number of carbonyl (C=O) groups is 3. The average molecular weight is 369 g/mol. The van der Waals surface area contributed by atoms with Crippen molar-refractivity contribution in [2.75, 3.05) is 20.8 Å². The fraction of sp³-hybridized carbons (Fsp3) is 0.250. The van der Waals surface area contributed by atoms with Crippen molar-refractivity contribution in [2.45, 2.75) is 13.0 Å². The molecular formula is C20H19NO6. The molecule has 27 heavy (non-hydrogen) atoms. The molecule has 0 N–H and O–H groups in total. The third-order valence-corrected chi connectivity index (χ3v) is 4.29. The van der Waals surface area contributed by atoms with Crippen LogP contribution in [0.25, 0.3) is 0 Å². The molecule has 0 unspecified atom stereocenters. The number of hydrogen-bond acceptors (Lipinski definition) is 6. The van der Waals surface area contributed by atoms with Gasteiger partial charge in [-0.25, -0.2) is 0 Å². The van der Waals surface area contributed by atoms with Crippen LogP contribution < -0.4 is 14.2 Å². The zero-order valence-electron chi connectivity index (χ0n) is 15.2. The Morgan fingerprint density at radius 1 is 1.07 bits per heavy atom. The van der Waals surface area contributed by atoms with E-state index in [1.807, 2.05) is 0 Å². The lowest BCUT2D eigenvalue weighted by atomic mass is 10.1. The van der Waals surface area contributed by atoms with Gasteiger partial charge >= 0.3 is 0 Å². The summed E-state index contributed by atoms with van der Waals surface area (Å²) in [6, 6.07) is 11.3. The van der Waals surface area contributed by atoms with Crippen LogP contribution in [-0.2, 0) is 4.79 Å². The van der Waals surface area contributed by atoms with Gasteiger partial charge in [0.2, 0.25) is 0 Å². The summed E-state index contributed by atoms with van der Waals surface area (Å²) in [4.78, 5) is 39.1. The maximum atomic E-state index is 12.8. The Morgan fingerprint density at radius 3 is 2.48 bits per heavy atom. The predicted octanol–water partition coefficient (Wildman–Crippen LogP) is 2.34. The smallest absolute Gasteiger partial charge is 0.270 e. The molecule has 1 atom stereocenters. The summed E-state index contributed by atoms with van der Waals surface area (Å²) in [6.45, 7) is 1.15. The van der Waals surface area contributed by atoms with E-state index in [9.17, 15) is 14.4 Å². The van der Waals surface area contributed by atoms with Gasteiger partial charge in [-0.15, -0.1) is 0 Å². The van der Waals surface area contributed by atoms with E-state index >= 15 is 0 Å². The fourth-order valence-corrected chi connectivity index (χ4v) is 2.85. The van der Waals surface area contributed by atoms with Gasteiger partial charge < -0.3 is 14.2 Å². The zero-order chi connectivity index (χ0) is 19.6. The number of benzene rings is 2. The lowest BCUT2D eigenvalue weighted by Gasteiger charge is -2.20. The summed E-state index contributed by atoms with van der Waals surface area (Å²) >= 11 is 0. The number of rotatable bonds is 5. The molecule has 3 rings (SSSR count). The minimum Gasteiger partial charge on any atom is -0.493 e. The van der Waals surface area contributed by atoms with Gasteiger partial charge in [0, 0.05) is 5.56 Å². The van der Waals surface area contributed by atoms with E-state index in [2.05, 4.69) is 0 Å². The number of methoxy groups -OCH3 is 2. The first kappa shape index (κ1) is 18.4. The number of nitrogens with zero attached hydrogens (tertiary/aromatic N) is 1. The van der Waals surface area contributed by atoms with Crippen LogP contribution in [-0.4, -0.2) is 49.4 Å². The normalized spacial score (nSPS) is 16.3. The first-order valence-corrected chi connectivity index (χ1v) is 8.33. The Morgan fingerprint density at radius 2 is 1.78 bits per heavy atom. The highest BCUT2D eigenvalue weighted by molar-refractivity contribution is 6.12. The number of fused-ring (bicyclic) bond motifs is 1. The molecule has 2 aromatic carbocycles. The molecule has 2 aromatic rings. The number of Topliss-reactive ketones (excluding diaryl/α,β-unsaturated/α-hetero) is 1. The molecule has 7 heteroatoms. The Balaban J connectivity index is 1.90. The SMILES string of the molecule is COc1ccc(C(=O)CN2C(=O)c3ccccc3O[C@H](C)C2=O)cc1OC. The van der Waals surface area contributed by atoms with E-state index in [1.165, 1.54) is 20.3 Å². The lowest BCUT2D eigenvalue weighted by molar-refractivity contribution is -0.134. The molecule has 140 valence electrons. The predicted molar refractivity (Wildman–Crippen MR) is 96.5 cm³/mol. The standard InChI is InChI=1S/C20H19NO6/c1-12-19(23)21(20(24)14-6-4-5-7-16(14)27-12)11-15(22)13-8-9-17(25-2)18(10-13)26-3/h4-10,12H,11H2,1-3H3/t12-/m1/s1. The van der Waals surface area contributed by atoms with Crippen LogP contribution in [0, 0.1) is 0 Å². The van der Waals surface area contributed by atoms with Crippen molar-refractivity contribution in [1.29, 1.82) is 0 Å². The number of amides is 2. The highest BCUT2D eigenvalue weighted by atomic mass is 16.5. The van der Waals surface area contributed by atoms with Crippen LogP contribution in [0.1, 0.15) is 27.6 Å². The molecule has 1 heterocycles. The second-order valence-corrected chi connectivity index (χ2v) is 5.98. The maximum absolute atomic E-state index is 12.8. The van der Waals surface area contributed by atoms with E-state index in [0.717, 1.165) is 4.90 Å². The minimum absolute atomic E-state index is 0.246. The van der Waals surface area contributed by atoms with Crippen LogP contribution in [0.5, 0.6) is 17.2 Å². The summed E-state index contributed by atoms with van der Waals surface area (Å²) in [5, 5.41) is 0. The van der Waals surface area contributed by atoms with Crippen LogP contribution in [0.15, 0.2) is 42.5 Å². The van der Waals surface area contributed by atoms with Crippen LogP contribution in [0.3, 0.4) is 0 Å². The maximum Gasteiger partial charge on any atom is 0.270 e. The second kappa shape index (κ2) is 7.49. The lowest BCUT2D eigenvalue weighted by Crippen LogP contribution is -2.44. The monoisotopic (exact) mass is 369 g/mol. The van der Waals surface area contributed by atoms with Crippen molar-refractivity contribution < 1.29 is 28.6 Å². The van der Waals surface area contributed by atoms with Gasteiger partial charge in [0.15, 0.2) is 23.4 Å². The molecule has 1 aliphatic heterocycles. The van der Waals surface area contributed by atoms with Crippen molar-refractivity contribution in [3.8, 4) is 17.2 Å². The molecular weight excluding hydrogens is 350 g/mol. The summed E-state index contributed by atoms with van der Waals surface area (Å²) in [6.07, 6.45) is -0.879. The van der Waals surface area contributed by atoms with Gasteiger partial charge in [-0.2, -0.15) is 0 Å². The molecule has 0 spiro atoms. The Hall–Kier alpha value is -3.35. The minimum atomic E-state index is -0.879. The van der Waals surface area contributed by atoms with E-state index in [-0.39, 0.29) is 5.56 Å². The second-order valence-electron chi connectivity index (χ2n) is 5.98. The number of para-hydroxylation sites is 1. The summed E-state index contributed by atoms with van der Waals surface area (Å²) in [5.74, 6) is -0.335.